The van der Waals surface area contributed by atoms with Crippen molar-refractivity contribution in [3.05, 3.63) is 34.1 Å². The summed E-state index contributed by atoms with van der Waals surface area (Å²) in [6.07, 6.45) is 1.60. The molecule has 0 aliphatic carbocycles. The first-order valence-corrected chi connectivity index (χ1v) is 6.17. The normalized spacial score (nSPS) is 10.7. The van der Waals surface area contributed by atoms with Crippen LogP contribution >= 0.6 is 23.2 Å². The minimum absolute atomic E-state index is 0.0801. The SMILES string of the molecule is CCN(C)C(=O)c1c(Cl)nc2ncccc2c1Cl. The monoisotopic (exact) mass is 283 g/mol. The zero-order valence-corrected chi connectivity index (χ0v) is 11.5. The minimum atomic E-state index is -0.245. The third-order valence-electron chi connectivity index (χ3n) is 2.69. The smallest absolute Gasteiger partial charge is 0.258 e. The third-order valence-corrected chi connectivity index (χ3v) is 3.35. The minimum Gasteiger partial charge on any atom is -0.342 e. The molecule has 18 heavy (non-hydrogen) atoms. The van der Waals surface area contributed by atoms with Crippen LogP contribution < -0.4 is 0 Å². The number of nitrogens with zero attached hydrogens (tertiary/aromatic N) is 3. The van der Waals surface area contributed by atoms with Gasteiger partial charge in [0.25, 0.3) is 5.91 Å². The second-order valence-corrected chi connectivity index (χ2v) is 4.52. The van der Waals surface area contributed by atoms with E-state index in [4.69, 9.17) is 23.2 Å². The maximum atomic E-state index is 12.2. The molecular formula is C12H11Cl2N3O. The Balaban J connectivity index is 2.68. The van der Waals surface area contributed by atoms with Crippen LogP contribution in [0.2, 0.25) is 10.2 Å². The molecule has 0 aromatic carbocycles. The molecule has 94 valence electrons. The number of halogens is 2. The molecule has 0 bridgehead atoms. The van der Waals surface area contributed by atoms with Gasteiger partial charge in [-0.1, -0.05) is 23.2 Å². The molecule has 0 atom stereocenters. The van der Waals surface area contributed by atoms with E-state index in [1.807, 2.05) is 6.92 Å². The molecule has 0 aliphatic heterocycles. The maximum absolute atomic E-state index is 12.2. The molecule has 0 unspecified atom stereocenters. The number of pyridine rings is 2. The third kappa shape index (κ3) is 2.13. The Morgan fingerprint density at radius 3 is 2.83 bits per heavy atom. The Labute approximate surface area is 115 Å². The summed E-state index contributed by atoms with van der Waals surface area (Å²) in [4.78, 5) is 21.8. The summed E-state index contributed by atoms with van der Waals surface area (Å²) in [7, 11) is 1.68. The van der Waals surface area contributed by atoms with E-state index in [1.54, 1.807) is 25.4 Å². The molecule has 2 aromatic heterocycles. The lowest BCUT2D eigenvalue weighted by atomic mass is 10.2. The van der Waals surface area contributed by atoms with Gasteiger partial charge < -0.3 is 4.90 Å². The Morgan fingerprint density at radius 2 is 2.17 bits per heavy atom. The van der Waals surface area contributed by atoms with Crippen molar-refractivity contribution in [3.8, 4) is 0 Å². The van der Waals surface area contributed by atoms with Crippen molar-refractivity contribution in [2.24, 2.45) is 0 Å². The number of rotatable bonds is 2. The predicted molar refractivity (Wildman–Crippen MR) is 72.2 cm³/mol. The highest BCUT2D eigenvalue weighted by Crippen LogP contribution is 2.30. The van der Waals surface area contributed by atoms with Gasteiger partial charge in [-0.15, -0.1) is 0 Å². The van der Waals surface area contributed by atoms with Crippen LogP contribution in [0, 0.1) is 0 Å². The quantitative estimate of drug-likeness (QED) is 0.796. The summed E-state index contributed by atoms with van der Waals surface area (Å²) < 4.78 is 0. The van der Waals surface area contributed by atoms with Crippen molar-refractivity contribution in [1.82, 2.24) is 14.9 Å². The highest BCUT2D eigenvalue weighted by atomic mass is 35.5. The van der Waals surface area contributed by atoms with Gasteiger partial charge in [0.2, 0.25) is 0 Å². The first-order chi connectivity index (χ1) is 8.56. The second-order valence-electron chi connectivity index (χ2n) is 3.79. The van der Waals surface area contributed by atoms with Gasteiger partial charge in [-0.05, 0) is 19.1 Å². The van der Waals surface area contributed by atoms with E-state index in [1.165, 1.54) is 4.90 Å². The standard InChI is InChI=1S/C12H11Cl2N3O/c1-3-17(2)12(18)8-9(13)7-5-4-6-15-11(7)16-10(8)14/h4-6H,3H2,1-2H3. The van der Waals surface area contributed by atoms with Gasteiger partial charge in [0.1, 0.15) is 5.15 Å². The Kier molecular flexibility index (Phi) is 3.68. The van der Waals surface area contributed by atoms with Crippen molar-refractivity contribution < 1.29 is 4.79 Å². The van der Waals surface area contributed by atoms with Crippen LogP contribution in [0.25, 0.3) is 11.0 Å². The summed E-state index contributed by atoms with van der Waals surface area (Å²) in [5.74, 6) is -0.245. The van der Waals surface area contributed by atoms with Crippen molar-refractivity contribution in [3.63, 3.8) is 0 Å². The van der Waals surface area contributed by atoms with Crippen molar-refractivity contribution in [2.45, 2.75) is 6.92 Å². The zero-order chi connectivity index (χ0) is 13.3. The summed E-state index contributed by atoms with van der Waals surface area (Å²) in [5, 5.41) is 0.997. The molecule has 0 saturated heterocycles. The molecule has 0 aliphatic rings. The van der Waals surface area contributed by atoms with Crippen LogP contribution in [0.1, 0.15) is 17.3 Å². The van der Waals surface area contributed by atoms with E-state index in [2.05, 4.69) is 9.97 Å². The fourth-order valence-corrected chi connectivity index (χ4v) is 2.17. The summed E-state index contributed by atoms with van der Waals surface area (Å²) in [5.41, 5.74) is 0.659. The Morgan fingerprint density at radius 1 is 1.44 bits per heavy atom. The molecular weight excluding hydrogens is 273 g/mol. The van der Waals surface area contributed by atoms with E-state index >= 15 is 0 Å². The number of aromatic nitrogens is 2. The predicted octanol–water partition coefficient (Wildman–Crippen LogP) is 3.03. The van der Waals surface area contributed by atoms with Crippen LogP contribution in [0.5, 0.6) is 0 Å². The number of hydrogen-bond donors (Lipinski definition) is 0. The molecule has 6 heteroatoms. The molecule has 0 fully saturated rings. The van der Waals surface area contributed by atoms with Crippen molar-refractivity contribution in [1.29, 1.82) is 0 Å². The fourth-order valence-electron chi connectivity index (χ4n) is 1.55. The maximum Gasteiger partial charge on any atom is 0.258 e. The van der Waals surface area contributed by atoms with E-state index in [9.17, 15) is 4.79 Å². The number of carbonyl (C=O) groups excluding carboxylic acids is 1. The van der Waals surface area contributed by atoms with E-state index in [-0.39, 0.29) is 16.6 Å². The number of fused-ring (bicyclic) bond motifs is 1. The first-order valence-electron chi connectivity index (χ1n) is 5.41. The van der Waals surface area contributed by atoms with Gasteiger partial charge in [-0.3, -0.25) is 4.79 Å². The van der Waals surface area contributed by atoms with Crippen LogP contribution in [-0.2, 0) is 0 Å². The zero-order valence-electron chi connectivity index (χ0n) is 9.94. The molecule has 0 N–H and O–H groups in total. The van der Waals surface area contributed by atoms with E-state index < -0.39 is 0 Å². The lowest BCUT2D eigenvalue weighted by Crippen LogP contribution is -2.27. The second kappa shape index (κ2) is 5.08. The summed E-state index contributed by atoms with van der Waals surface area (Å²) in [6.45, 7) is 2.44. The molecule has 2 rings (SSSR count). The Bertz CT molecular complexity index is 616. The molecule has 2 heterocycles. The average molecular weight is 284 g/mol. The summed E-state index contributed by atoms with van der Waals surface area (Å²) in [6, 6.07) is 3.50. The number of amides is 1. The van der Waals surface area contributed by atoms with Gasteiger partial charge in [-0.2, -0.15) is 0 Å². The highest BCUT2D eigenvalue weighted by molar-refractivity contribution is 6.42. The largest absolute Gasteiger partial charge is 0.342 e. The van der Waals surface area contributed by atoms with Gasteiger partial charge in [-0.25, -0.2) is 9.97 Å². The molecule has 2 aromatic rings. The topological polar surface area (TPSA) is 46.1 Å². The van der Waals surface area contributed by atoms with Crippen LogP contribution in [0.4, 0.5) is 0 Å². The lowest BCUT2D eigenvalue weighted by molar-refractivity contribution is 0.0802. The molecule has 4 nitrogen and oxygen atoms in total. The van der Waals surface area contributed by atoms with Gasteiger partial charge >= 0.3 is 0 Å². The average Bonchev–Trinajstić information content (AvgIpc) is 2.37. The molecule has 0 radical (unpaired) electrons. The van der Waals surface area contributed by atoms with Gasteiger partial charge in [0.15, 0.2) is 5.65 Å². The molecule has 1 amide bonds. The first kappa shape index (κ1) is 13.1. The van der Waals surface area contributed by atoms with Crippen molar-refractivity contribution >= 4 is 40.1 Å². The fraction of sp³-hybridized carbons (Fsp3) is 0.250. The van der Waals surface area contributed by atoms with Crippen molar-refractivity contribution in [2.75, 3.05) is 13.6 Å². The number of carbonyl (C=O) groups is 1. The molecule has 0 saturated carbocycles. The van der Waals surface area contributed by atoms with Gasteiger partial charge in [0, 0.05) is 25.2 Å². The van der Waals surface area contributed by atoms with E-state index in [0.717, 1.165) is 0 Å². The summed E-state index contributed by atoms with van der Waals surface area (Å²) >= 11 is 12.3. The van der Waals surface area contributed by atoms with Crippen LogP contribution in [-0.4, -0.2) is 34.4 Å². The number of hydrogen-bond acceptors (Lipinski definition) is 3. The molecule has 0 spiro atoms. The van der Waals surface area contributed by atoms with Crippen LogP contribution in [0.15, 0.2) is 18.3 Å². The lowest BCUT2D eigenvalue weighted by Gasteiger charge is -2.16. The highest BCUT2D eigenvalue weighted by Gasteiger charge is 2.21. The van der Waals surface area contributed by atoms with Crippen LogP contribution in [0.3, 0.4) is 0 Å². The van der Waals surface area contributed by atoms with E-state index in [0.29, 0.717) is 22.6 Å². The van der Waals surface area contributed by atoms with Gasteiger partial charge in [0.05, 0.1) is 10.6 Å². The Hall–Kier alpha value is -1.39.